The smallest absolute Gasteiger partial charge is 0.260 e. The molecule has 2 aliphatic heterocycles. The van der Waals surface area contributed by atoms with Crippen LogP contribution in [0.5, 0.6) is 11.5 Å². The second-order valence-electron chi connectivity index (χ2n) is 8.33. The van der Waals surface area contributed by atoms with Crippen molar-refractivity contribution in [1.29, 1.82) is 0 Å². The topological polar surface area (TPSA) is 84.9 Å². The van der Waals surface area contributed by atoms with Gasteiger partial charge in [0.1, 0.15) is 34.5 Å². The number of halogens is 2. The summed E-state index contributed by atoms with van der Waals surface area (Å²) < 4.78 is 26.6. The summed E-state index contributed by atoms with van der Waals surface area (Å²) in [5.41, 5.74) is 1.20. The summed E-state index contributed by atoms with van der Waals surface area (Å²) in [6.07, 6.45) is 4.40. The number of carbonyl (C=O) groups excluding carboxylic acids is 2. The van der Waals surface area contributed by atoms with Crippen LogP contribution in [0.2, 0.25) is 5.02 Å². The van der Waals surface area contributed by atoms with Gasteiger partial charge >= 0.3 is 0 Å². The summed E-state index contributed by atoms with van der Waals surface area (Å²) in [4.78, 5) is 38.1. The average molecular weight is 509 g/mol. The number of hydrogen-bond donors (Lipinski definition) is 0. The number of rotatable bonds is 4. The molecule has 1 saturated heterocycles. The van der Waals surface area contributed by atoms with E-state index in [2.05, 4.69) is 11.6 Å². The largest absolute Gasteiger partial charge is 0.496 e. The number of ether oxygens (including phenoxy) is 2. The molecule has 8 nitrogen and oxygen atoms in total. The Morgan fingerprint density at radius 1 is 1.22 bits per heavy atom. The van der Waals surface area contributed by atoms with Gasteiger partial charge in [0.05, 0.1) is 24.4 Å². The molecule has 2 amide bonds. The Labute approximate surface area is 211 Å². The van der Waals surface area contributed by atoms with Crippen molar-refractivity contribution in [1.82, 2.24) is 19.8 Å². The molecule has 10 heteroatoms. The van der Waals surface area contributed by atoms with Gasteiger partial charge in [-0.1, -0.05) is 24.2 Å². The second kappa shape index (κ2) is 9.58. The van der Waals surface area contributed by atoms with Crippen LogP contribution in [-0.4, -0.2) is 71.0 Å². The van der Waals surface area contributed by atoms with E-state index in [1.54, 1.807) is 40.4 Å². The number of benzene rings is 1. The maximum absolute atomic E-state index is 15.1. The number of aromatic nitrogens is 2. The van der Waals surface area contributed by atoms with Gasteiger partial charge in [-0.25, -0.2) is 9.37 Å². The number of nitrogens with zero attached hydrogens (tertiary/aromatic N) is 4. The Bertz CT molecular complexity index is 1370. The maximum Gasteiger partial charge on any atom is 0.260 e. The van der Waals surface area contributed by atoms with Crippen molar-refractivity contribution < 1.29 is 23.5 Å². The highest BCUT2D eigenvalue weighted by molar-refractivity contribution is 6.35. The third kappa shape index (κ3) is 3.95. The second-order valence-corrected chi connectivity index (χ2v) is 8.71. The lowest BCUT2D eigenvalue weighted by Crippen LogP contribution is -2.57. The van der Waals surface area contributed by atoms with Gasteiger partial charge in [-0.2, -0.15) is 0 Å². The molecule has 0 radical (unpaired) electrons. The lowest BCUT2D eigenvalue weighted by molar-refractivity contribution is -0.128. The molecule has 1 atom stereocenters. The fourth-order valence-electron chi connectivity index (χ4n) is 4.58. The highest BCUT2D eigenvalue weighted by atomic mass is 35.5. The van der Waals surface area contributed by atoms with E-state index >= 15 is 4.39 Å². The van der Waals surface area contributed by atoms with E-state index in [0.717, 1.165) is 0 Å². The van der Waals surface area contributed by atoms with Gasteiger partial charge < -0.3 is 19.3 Å². The first-order valence-electron chi connectivity index (χ1n) is 11.3. The van der Waals surface area contributed by atoms with E-state index in [1.807, 2.05) is 0 Å². The van der Waals surface area contributed by atoms with Crippen molar-refractivity contribution in [2.75, 3.05) is 33.4 Å². The quantitative estimate of drug-likeness (QED) is 0.498. The highest BCUT2D eigenvalue weighted by Crippen LogP contribution is 2.46. The Morgan fingerprint density at radius 3 is 2.72 bits per heavy atom. The average Bonchev–Trinajstić information content (AvgIpc) is 3.05. The van der Waals surface area contributed by atoms with Crippen LogP contribution in [0.15, 0.2) is 55.4 Å². The van der Waals surface area contributed by atoms with Gasteiger partial charge in [0, 0.05) is 37.6 Å². The van der Waals surface area contributed by atoms with Gasteiger partial charge in [-0.05, 0) is 30.3 Å². The summed E-state index contributed by atoms with van der Waals surface area (Å²) in [6, 6.07) is 7.41. The van der Waals surface area contributed by atoms with Crippen LogP contribution < -0.4 is 9.47 Å². The molecule has 0 unspecified atom stereocenters. The molecule has 1 aromatic carbocycles. The Morgan fingerprint density at radius 2 is 2.00 bits per heavy atom. The number of amides is 2. The van der Waals surface area contributed by atoms with Crippen molar-refractivity contribution in [3.05, 3.63) is 71.8 Å². The Balaban J connectivity index is 1.71. The number of piperazine rings is 1. The fraction of sp³-hybridized carbons (Fsp3) is 0.231. The van der Waals surface area contributed by atoms with E-state index in [9.17, 15) is 9.59 Å². The van der Waals surface area contributed by atoms with Crippen molar-refractivity contribution in [3.8, 4) is 34.0 Å². The molecule has 0 aliphatic carbocycles. The zero-order valence-electron chi connectivity index (χ0n) is 19.4. The predicted octanol–water partition coefficient (Wildman–Crippen LogP) is 3.84. The van der Waals surface area contributed by atoms with E-state index in [0.29, 0.717) is 18.7 Å². The zero-order chi connectivity index (χ0) is 25.4. The van der Waals surface area contributed by atoms with Crippen molar-refractivity contribution in [3.63, 3.8) is 0 Å². The minimum Gasteiger partial charge on any atom is -0.496 e. The van der Waals surface area contributed by atoms with Crippen LogP contribution in [0.25, 0.3) is 22.5 Å². The Hall–Kier alpha value is -3.98. The molecule has 3 aromatic rings. The van der Waals surface area contributed by atoms with E-state index < -0.39 is 11.9 Å². The summed E-state index contributed by atoms with van der Waals surface area (Å²) in [5.74, 6) is -0.775. The first kappa shape index (κ1) is 23.7. The van der Waals surface area contributed by atoms with E-state index in [-0.39, 0.29) is 64.0 Å². The third-order valence-corrected chi connectivity index (χ3v) is 6.70. The molecule has 0 N–H and O–H groups in total. The molecule has 184 valence electrons. The molecule has 0 spiro atoms. The molecule has 5 rings (SSSR count). The monoisotopic (exact) mass is 508 g/mol. The summed E-state index contributed by atoms with van der Waals surface area (Å²) in [5, 5.41) is -0.00146. The number of carbonyl (C=O) groups is 2. The van der Waals surface area contributed by atoms with Crippen molar-refractivity contribution >= 4 is 23.4 Å². The standard InChI is InChI=1S/C26H22ClFN4O4/c1-3-19(33)31-11-12-32-16(13-31)14-36-25-21(26(32)34)23(15-7-9-29-10-8-15)30-24(22(25)27)20-17(28)5-4-6-18(20)35-2/h3-10,16H,1,11-14H2,2H3/t16-/m1/s1. The number of methoxy groups -OCH3 is 1. The number of pyridine rings is 2. The van der Waals surface area contributed by atoms with Crippen LogP contribution in [0.1, 0.15) is 10.4 Å². The zero-order valence-corrected chi connectivity index (χ0v) is 20.2. The van der Waals surface area contributed by atoms with Crippen LogP contribution in [-0.2, 0) is 4.79 Å². The van der Waals surface area contributed by atoms with Gasteiger partial charge in [0.2, 0.25) is 5.91 Å². The summed E-state index contributed by atoms with van der Waals surface area (Å²) >= 11 is 6.79. The lowest BCUT2D eigenvalue weighted by Gasteiger charge is -2.39. The fourth-order valence-corrected chi connectivity index (χ4v) is 4.87. The minimum absolute atomic E-state index is 0.00146. The van der Waals surface area contributed by atoms with Crippen LogP contribution in [0.4, 0.5) is 4.39 Å². The van der Waals surface area contributed by atoms with Crippen molar-refractivity contribution in [2.45, 2.75) is 6.04 Å². The maximum atomic E-state index is 15.1. The van der Waals surface area contributed by atoms with Crippen LogP contribution >= 0.6 is 11.6 Å². The first-order chi connectivity index (χ1) is 17.4. The van der Waals surface area contributed by atoms with Gasteiger partial charge in [0.25, 0.3) is 5.91 Å². The molecular weight excluding hydrogens is 487 g/mol. The third-order valence-electron chi connectivity index (χ3n) is 6.34. The van der Waals surface area contributed by atoms with Gasteiger partial charge in [0.15, 0.2) is 5.75 Å². The van der Waals surface area contributed by atoms with Gasteiger partial charge in [-0.15, -0.1) is 0 Å². The van der Waals surface area contributed by atoms with Crippen LogP contribution in [0, 0.1) is 5.82 Å². The first-order valence-corrected chi connectivity index (χ1v) is 11.6. The summed E-state index contributed by atoms with van der Waals surface area (Å²) in [6.45, 7) is 4.59. The number of fused-ring (bicyclic) bond motifs is 2. The summed E-state index contributed by atoms with van der Waals surface area (Å²) in [7, 11) is 1.42. The SMILES string of the molecule is C=CC(=O)N1CCN2C(=O)c3c(-c4ccncc4)nc(-c4c(F)cccc4OC)c(Cl)c3OC[C@H]2C1. The normalized spacial score (nSPS) is 17.0. The molecular formula is C26H22ClFN4O4. The number of hydrogen-bond acceptors (Lipinski definition) is 6. The highest BCUT2D eigenvalue weighted by Gasteiger charge is 2.40. The molecule has 2 aromatic heterocycles. The molecule has 4 heterocycles. The molecule has 2 aliphatic rings. The van der Waals surface area contributed by atoms with Gasteiger partial charge in [-0.3, -0.25) is 14.6 Å². The Kier molecular flexibility index (Phi) is 6.32. The molecule has 0 bridgehead atoms. The molecule has 36 heavy (non-hydrogen) atoms. The van der Waals surface area contributed by atoms with E-state index in [1.165, 1.54) is 25.3 Å². The van der Waals surface area contributed by atoms with E-state index in [4.69, 9.17) is 26.1 Å². The van der Waals surface area contributed by atoms with Crippen molar-refractivity contribution in [2.24, 2.45) is 0 Å². The minimum atomic E-state index is -0.583. The molecule has 0 saturated carbocycles. The molecule has 1 fully saturated rings. The van der Waals surface area contributed by atoms with Crippen LogP contribution in [0.3, 0.4) is 0 Å². The lowest BCUT2D eigenvalue weighted by atomic mass is 10.0. The predicted molar refractivity (Wildman–Crippen MR) is 132 cm³/mol.